The third-order valence-corrected chi connectivity index (χ3v) is 2.83. The number of aromatic nitrogens is 4. The Balaban J connectivity index is 2.50. The van der Waals surface area contributed by atoms with E-state index in [2.05, 4.69) is 20.6 Å². The highest BCUT2D eigenvalue weighted by Gasteiger charge is 2.23. The van der Waals surface area contributed by atoms with Gasteiger partial charge in [0, 0.05) is 7.05 Å². The van der Waals surface area contributed by atoms with Gasteiger partial charge in [-0.3, -0.25) is 0 Å². The number of nitrogens with zero attached hydrogens (tertiary/aromatic N) is 5. The van der Waals surface area contributed by atoms with Crippen molar-refractivity contribution in [2.75, 3.05) is 12.4 Å². The highest BCUT2D eigenvalue weighted by atomic mass is 32.1. The van der Waals surface area contributed by atoms with Gasteiger partial charge in [-0.15, -0.1) is 10.2 Å². The Bertz CT molecular complexity index is 533. The summed E-state index contributed by atoms with van der Waals surface area (Å²) in [5, 5.41) is 26.1. The van der Waals surface area contributed by atoms with Crippen LogP contribution in [0.1, 0.15) is 0 Å². The maximum Gasteiger partial charge on any atom is 0.400 e. The maximum absolute atomic E-state index is 10.8. The summed E-state index contributed by atoms with van der Waals surface area (Å²) < 4.78 is 1.38. The van der Waals surface area contributed by atoms with Crippen molar-refractivity contribution >= 4 is 22.3 Å². The normalized spacial score (nSPS) is 10.4. The molecule has 0 aliphatic heterocycles. The molecule has 0 aliphatic carbocycles. The van der Waals surface area contributed by atoms with Crippen molar-refractivity contribution in [1.82, 2.24) is 20.0 Å². The standard InChI is InChI=1S/C7H8N6O2S/c1-8-7-10-9-6(16-7)4-3-12(2)11-5(4)13(14)15/h3H,1-2H3,(H,8,10). The Kier molecular flexibility index (Phi) is 2.52. The first-order chi connectivity index (χ1) is 7.61. The summed E-state index contributed by atoms with van der Waals surface area (Å²) in [6.45, 7) is 0. The lowest BCUT2D eigenvalue weighted by molar-refractivity contribution is -0.389. The van der Waals surface area contributed by atoms with Gasteiger partial charge >= 0.3 is 5.82 Å². The van der Waals surface area contributed by atoms with Crippen molar-refractivity contribution in [2.45, 2.75) is 0 Å². The van der Waals surface area contributed by atoms with Gasteiger partial charge in [0.1, 0.15) is 5.56 Å². The van der Waals surface area contributed by atoms with E-state index in [1.165, 1.54) is 16.0 Å². The van der Waals surface area contributed by atoms with E-state index in [1.807, 2.05) is 0 Å². The van der Waals surface area contributed by atoms with Crippen LogP contribution in [0.25, 0.3) is 10.6 Å². The van der Waals surface area contributed by atoms with E-state index < -0.39 is 4.92 Å². The Labute approximate surface area is 94.1 Å². The predicted molar refractivity (Wildman–Crippen MR) is 58.3 cm³/mol. The molecule has 2 rings (SSSR count). The lowest BCUT2D eigenvalue weighted by Gasteiger charge is -1.89. The number of anilines is 1. The van der Waals surface area contributed by atoms with Gasteiger partial charge in [0.25, 0.3) is 0 Å². The third kappa shape index (κ3) is 1.72. The molecule has 0 saturated carbocycles. The number of hydrogen-bond acceptors (Lipinski definition) is 7. The average Bonchev–Trinajstić information content (AvgIpc) is 2.82. The van der Waals surface area contributed by atoms with Crippen LogP contribution in [0.15, 0.2) is 6.20 Å². The topological polar surface area (TPSA) is 98.8 Å². The minimum absolute atomic E-state index is 0.207. The van der Waals surface area contributed by atoms with Gasteiger partial charge in [0.2, 0.25) is 5.13 Å². The molecule has 0 unspecified atom stereocenters. The van der Waals surface area contributed by atoms with Gasteiger partial charge < -0.3 is 15.4 Å². The summed E-state index contributed by atoms with van der Waals surface area (Å²) in [7, 11) is 3.33. The molecule has 2 aromatic rings. The molecule has 2 aromatic heterocycles. The maximum atomic E-state index is 10.8. The van der Waals surface area contributed by atoms with E-state index >= 15 is 0 Å². The zero-order valence-corrected chi connectivity index (χ0v) is 9.35. The quantitative estimate of drug-likeness (QED) is 0.631. The zero-order chi connectivity index (χ0) is 11.7. The molecule has 0 radical (unpaired) electrons. The van der Waals surface area contributed by atoms with Gasteiger partial charge in [-0.05, 0) is 4.92 Å². The third-order valence-electron chi connectivity index (χ3n) is 1.85. The minimum Gasteiger partial charge on any atom is -0.363 e. The first kappa shape index (κ1) is 10.5. The van der Waals surface area contributed by atoms with E-state index in [4.69, 9.17) is 0 Å². The smallest absolute Gasteiger partial charge is 0.363 e. The number of rotatable bonds is 3. The lowest BCUT2D eigenvalue weighted by atomic mass is 10.3. The molecule has 0 aliphatic rings. The zero-order valence-electron chi connectivity index (χ0n) is 8.54. The molecule has 1 N–H and O–H groups in total. The molecule has 9 heteroatoms. The van der Waals surface area contributed by atoms with Gasteiger partial charge in [-0.25, -0.2) is 0 Å². The molecule has 0 atom stereocenters. The van der Waals surface area contributed by atoms with E-state index in [1.54, 1.807) is 20.3 Å². The second kappa shape index (κ2) is 3.85. The van der Waals surface area contributed by atoms with Crippen LogP contribution in [0.5, 0.6) is 0 Å². The summed E-state index contributed by atoms with van der Waals surface area (Å²) >= 11 is 1.24. The average molecular weight is 240 g/mol. The van der Waals surface area contributed by atoms with E-state index in [0.717, 1.165) is 0 Å². The molecule has 0 aromatic carbocycles. The van der Waals surface area contributed by atoms with Crippen molar-refractivity contribution in [3.8, 4) is 10.6 Å². The van der Waals surface area contributed by atoms with Crippen LogP contribution in [-0.2, 0) is 7.05 Å². The molecule has 84 valence electrons. The van der Waals surface area contributed by atoms with Crippen LogP contribution < -0.4 is 5.32 Å². The summed E-state index contributed by atoms with van der Waals surface area (Å²) in [5.41, 5.74) is 0.381. The number of hydrogen-bond donors (Lipinski definition) is 1. The minimum atomic E-state index is -0.532. The van der Waals surface area contributed by atoms with Crippen LogP contribution in [0.4, 0.5) is 10.9 Å². The highest BCUT2D eigenvalue weighted by molar-refractivity contribution is 7.18. The number of nitro groups is 1. The molecule has 0 fully saturated rings. The van der Waals surface area contributed by atoms with Gasteiger partial charge in [-0.1, -0.05) is 11.3 Å². The first-order valence-electron chi connectivity index (χ1n) is 4.31. The summed E-state index contributed by atoms with van der Waals surface area (Å²) in [4.78, 5) is 10.2. The Hall–Kier alpha value is -2.03. The van der Waals surface area contributed by atoms with Gasteiger partial charge in [0.05, 0.1) is 18.3 Å². The predicted octanol–water partition coefficient (Wildman–Crippen LogP) is 0.888. The molecule has 2 heterocycles. The summed E-state index contributed by atoms with van der Waals surface area (Å²) in [5.74, 6) is -0.207. The van der Waals surface area contributed by atoms with Crippen LogP contribution >= 0.6 is 11.3 Å². The van der Waals surface area contributed by atoms with E-state index in [0.29, 0.717) is 15.7 Å². The SMILES string of the molecule is CNc1nnc(-c2cn(C)nc2[N+](=O)[O-])s1. The van der Waals surface area contributed by atoms with Crippen LogP contribution in [0.2, 0.25) is 0 Å². The van der Waals surface area contributed by atoms with Crippen LogP contribution in [-0.4, -0.2) is 31.9 Å². The molecule has 0 saturated heterocycles. The van der Waals surface area contributed by atoms with Gasteiger partial charge in [0.15, 0.2) is 5.01 Å². The highest BCUT2D eigenvalue weighted by Crippen LogP contribution is 2.31. The van der Waals surface area contributed by atoms with E-state index in [-0.39, 0.29) is 5.82 Å². The van der Waals surface area contributed by atoms with Crippen molar-refractivity contribution in [3.05, 3.63) is 16.3 Å². The summed E-state index contributed by atoms with van der Waals surface area (Å²) in [6, 6.07) is 0. The molecule has 0 spiro atoms. The van der Waals surface area contributed by atoms with Crippen molar-refractivity contribution in [3.63, 3.8) is 0 Å². The molecule has 0 bridgehead atoms. The Morgan fingerprint density at radius 1 is 1.56 bits per heavy atom. The van der Waals surface area contributed by atoms with E-state index in [9.17, 15) is 10.1 Å². The Morgan fingerprint density at radius 3 is 2.88 bits per heavy atom. The fourth-order valence-electron chi connectivity index (χ4n) is 1.20. The van der Waals surface area contributed by atoms with Crippen molar-refractivity contribution < 1.29 is 4.92 Å². The molecular weight excluding hydrogens is 232 g/mol. The lowest BCUT2D eigenvalue weighted by Crippen LogP contribution is -1.92. The monoisotopic (exact) mass is 240 g/mol. The molecular formula is C7H8N6O2S. The molecule has 8 nitrogen and oxygen atoms in total. The Morgan fingerprint density at radius 2 is 2.31 bits per heavy atom. The molecule has 0 amide bonds. The second-order valence-electron chi connectivity index (χ2n) is 2.96. The molecule has 16 heavy (non-hydrogen) atoms. The fraction of sp³-hybridized carbons (Fsp3) is 0.286. The fourth-order valence-corrected chi connectivity index (χ4v) is 1.90. The van der Waals surface area contributed by atoms with Gasteiger partial charge in [-0.2, -0.15) is 4.68 Å². The largest absolute Gasteiger partial charge is 0.400 e. The van der Waals surface area contributed by atoms with Crippen LogP contribution in [0.3, 0.4) is 0 Å². The number of aryl methyl sites for hydroxylation is 1. The number of nitrogens with one attached hydrogen (secondary N) is 1. The van der Waals surface area contributed by atoms with Crippen LogP contribution in [0, 0.1) is 10.1 Å². The van der Waals surface area contributed by atoms with Crippen molar-refractivity contribution in [2.24, 2.45) is 7.05 Å². The summed E-state index contributed by atoms with van der Waals surface area (Å²) in [6.07, 6.45) is 1.55. The first-order valence-corrected chi connectivity index (χ1v) is 5.13. The second-order valence-corrected chi connectivity index (χ2v) is 3.94. The van der Waals surface area contributed by atoms with Crippen molar-refractivity contribution in [1.29, 1.82) is 0 Å².